The van der Waals surface area contributed by atoms with Crippen LogP contribution in [0, 0.1) is 0 Å². The molecule has 3 heterocycles. The van der Waals surface area contributed by atoms with Crippen LogP contribution in [0.3, 0.4) is 0 Å². The lowest BCUT2D eigenvalue weighted by Crippen LogP contribution is -2.31. The van der Waals surface area contributed by atoms with Crippen molar-refractivity contribution in [2.75, 3.05) is 26.2 Å². The van der Waals surface area contributed by atoms with Gasteiger partial charge in [-0.15, -0.1) is 10.2 Å². The van der Waals surface area contributed by atoms with E-state index < -0.39 is 0 Å². The minimum atomic E-state index is -0.185. The van der Waals surface area contributed by atoms with Crippen molar-refractivity contribution in [2.45, 2.75) is 26.4 Å². The zero-order valence-corrected chi connectivity index (χ0v) is 17.7. The first kappa shape index (κ1) is 20.9. The summed E-state index contributed by atoms with van der Waals surface area (Å²) < 4.78 is 13.0. The van der Waals surface area contributed by atoms with Crippen LogP contribution in [0.4, 0.5) is 0 Å². The van der Waals surface area contributed by atoms with Crippen LogP contribution in [0.1, 0.15) is 24.3 Å². The molecule has 1 aromatic carbocycles. The molecule has 8 nitrogen and oxygen atoms in total. The van der Waals surface area contributed by atoms with Gasteiger partial charge >= 0.3 is 0 Å². The molecule has 1 aliphatic rings. The molecule has 31 heavy (non-hydrogen) atoms. The number of carbonyl (C=O) groups excluding carboxylic acids is 1. The van der Waals surface area contributed by atoms with E-state index in [1.807, 2.05) is 42.5 Å². The van der Waals surface area contributed by atoms with E-state index in [0.29, 0.717) is 12.3 Å². The first-order valence-corrected chi connectivity index (χ1v) is 10.5. The molecule has 1 aliphatic heterocycles. The van der Waals surface area contributed by atoms with Gasteiger partial charge in [0, 0.05) is 32.6 Å². The highest BCUT2D eigenvalue weighted by Crippen LogP contribution is 2.13. The van der Waals surface area contributed by atoms with Gasteiger partial charge in [-0.3, -0.25) is 9.69 Å². The number of fused-ring (bicyclic) bond motifs is 1. The molecule has 4 rings (SSSR count). The summed E-state index contributed by atoms with van der Waals surface area (Å²) in [4.78, 5) is 14.5. The molecule has 0 radical (unpaired) electrons. The Morgan fingerprint density at radius 1 is 1.16 bits per heavy atom. The predicted molar refractivity (Wildman–Crippen MR) is 116 cm³/mol. The lowest BCUT2D eigenvalue weighted by molar-refractivity contribution is -0.123. The Morgan fingerprint density at radius 3 is 2.84 bits per heavy atom. The van der Waals surface area contributed by atoms with E-state index in [2.05, 4.69) is 38.0 Å². The Hall–Kier alpha value is -3.39. The number of amides is 1. The van der Waals surface area contributed by atoms with Crippen molar-refractivity contribution in [1.82, 2.24) is 25.0 Å². The molecule has 0 unspecified atom stereocenters. The van der Waals surface area contributed by atoms with Crippen LogP contribution >= 0.6 is 0 Å². The van der Waals surface area contributed by atoms with Crippen LogP contribution in [-0.2, 0) is 24.3 Å². The first-order valence-electron chi connectivity index (χ1n) is 10.5. The van der Waals surface area contributed by atoms with Crippen LogP contribution < -0.4 is 10.1 Å². The summed E-state index contributed by atoms with van der Waals surface area (Å²) in [5.41, 5.74) is 1.25. The molecule has 3 aromatic rings. The van der Waals surface area contributed by atoms with Crippen molar-refractivity contribution in [3.05, 3.63) is 71.7 Å². The molecular formula is C23H27N5O3. The van der Waals surface area contributed by atoms with Gasteiger partial charge in [0.25, 0.3) is 5.91 Å². The van der Waals surface area contributed by atoms with Gasteiger partial charge in [0.15, 0.2) is 12.4 Å². The molecule has 0 atom stereocenters. The van der Waals surface area contributed by atoms with Gasteiger partial charge in [0.1, 0.15) is 17.3 Å². The van der Waals surface area contributed by atoms with Gasteiger partial charge in [-0.25, -0.2) is 0 Å². The molecule has 2 aromatic heterocycles. The van der Waals surface area contributed by atoms with Crippen LogP contribution in [0.25, 0.3) is 6.08 Å². The number of hydrogen-bond acceptors (Lipinski definition) is 6. The standard InChI is InChI=1S/C23H27N5O3/c1-18(14-20-8-5-13-30-20)16-27-10-9-21-25-26-22(28(21)12-11-27)15-24-23(29)17-31-19-6-3-2-4-7-19/h2-8,13-14H,9-12,15-17H2,1H3,(H,24,29)/b18-14+. The number of aromatic nitrogens is 3. The fourth-order valence-corrected chi connectivity index (χ4v) is 3.62. The highest BCUT2D eigenvalue weighted by molar-refractivity contribution is 5.77. The summed E-state index contributed by atoms with van der Waals surface area (Å²) in [7, 11) is 0. The maximum absolute atomic E-state index is 12.1. The van der Waals surface area contributed by atoms with Gasteiger partial charge in [-0.1, -0.05) is 23.8 Å². The summed E-state index contributed by atoms with van der Waals surface area (Å²) in [6.07, 6.45) is 4.58. The van der Waals surface area contributed by atoms with Crippen molar-refractivity contribution in [2.24, 2.45) is 0 Å². The minimum Gasteiger partial charge on any atom is -0.484 e. The number of nitrogens with zero attached hydrogens (tertiary/aromatic N) is 4. The number of nitrogens with one attached hydrogen (secondary N) is 1. The van der Waals surface area contributed by atoms with Crippen molar-refractivity contribution >= 4 is 12.0 Å². The molecule has 162 valence electrons. The average Bonchev–Trinajstić information content (AvgIpc) is 3.38. The number of furan rings is 1. The highest BCUT2D eigenvalue weighted by Gasteiger charge is 2.19. The third-order valence-electron chi connectivity index (χ3n) is 5.16. The van der Waals surface area contributed by atoms with Gasteiger partial charge in [0.2, 0.25) is 0 Å². The number of hydrogen-bond donors (Lipinski definition) is 1. The number of rotatable bonds is 8. The van der Waals surface area contributed by atoms with Crippen molar-refractivity contribution in [1.29, 1.82) is 0 Å². The second-order valence-electron chi connectivity index (χ2n) is 7.59. The number of benzene rings is 1. The van der Waals surface area contributed by atoms with Gasteiger partial charge < -0.3 is 19.0 Å². The van der Waals surface area contributed by atoms with E-state index in [1.54, 1.807) is 6.26 Å². The fourth-order valence-electron chi connectivity index (χ4n) is 3.62. The molecule has 8 heteroatoms. The lowest BCUT2D eigenvalue weighted by atomic mass is 10.2. The molecule has 1 amide bonds. The zero-order chi connectivity index (χ0) is 21.5. The maximum atomic E-state index is 12.1. The predicted octanol–water partition coefficient (Wildman–Crippen LogP) is 2.53. The highest BCUT2D eigenvalue weighted by atomic mass is 16.5. The average molecular weight is 422 g/mol. The largest absolute Gasteiger partial charge is 0.484 e. The van der Waals surface area contributed by atoms with Gasteiger partial charge in [-0.2, -0.15) is 0 Å². The molecule has 0 aliphatic carbocycles. The first-order chi connectivity index (χ1) is 15.2. The maximum Gasteiger partial charge on any atom is 0.258 e. The lowest BCUT2D eigenvalue weighted by Gasteiger charge is -2.19. The van der Waals surface area contributed by atoms with Crippen LogP contribution in [0.15, 0.2) is 58.7 Å². The molecule has 0 bridgehead atoms. The van der Waals surface area contributed by atoms with Crippen molar-refractivity contribution in [3.8, 4) is 5.75 Å². The molecule has 0 spiro atoms. The molecular weight excluding hydrogens is 394 g/mol. The Balaban J connectivity index is 1.27. The summed E-state index contributed by atoms with van der Waals surface area (Å²) in [5.74, 6) is 3.09. The van der Waals surface area contributed by atoms with Crippen molar-refractivity contribution < 1.29 is 13.9 Å². The van der Waals surface area contributed by atoms with E-state index >= 15 is 0 Å². The minimum absolute atomic E-state index is 0.0277. The monoisotopic (exact) mass is 421 g/mol. The summed E-state index contributed by atoms with van der Waals surface area (Å²) in [5, 5.41) is 11.5. The van der Waals surface area contributed by atoms with Crippen LogP contribution in [0.5, 0.6) is 5.75 Å². The van der Waals surface area contributed by atoms with E-state index in [9.17, 15) is 4.79 Å². The Bertz CT molecular complexity index is 1010. The zero-order valence-electron chi connectivity index (χ0n) is 17.7. The second kappa shape index (κ2) is 10.1. The van der Waals surface area contributed by atoms with Crippen molar-refractivity contribution in [3.63, 3.8) is 0 Å². The molecule has 1 N–H and O–H groups in total. The third kappa shape index (κ3) is 5.82. The summed E-state index contributed by atoms with van der Waals surface area (Å²) in [6.45, 7) is 5.91. The van der Waals surface area contributed by atoms with E-state index in [1.165, 1.54) is 5.57 Å². The smallest absolute Gasteiger partial charge is 0.258 e. The molecule has 0 fully saturated rings. The quantitative estimate of drug-likeness (QED) is 0.602. The number of para-hydroxylation sites is 1. The third-order valence-corrected chi connectivity index (χ3v) is 5.16. The number of ether oxygens (including phenoxy) is 1. The van der Waals surface area contributed by atoms with E-state index in [-0.39, 0.29) is 12.5 Å². The molecule has 0 saturated heterocycles. The topological polar surface area (TPSA) is 85.4 Å². The van der Waals surface area contributed by atoms with Crippen LogP contribution in [-0.4, -0.2) is 51.8 Å². The van der Waals surface area contributed by atoms with Gasteiger partial charge in [-0.05, 0) is 37.3 Å². The SMILES string of the molecule is C/C(=C\c1ccco1)CN1CCc2nnc(CNC(=O)COc3ccccc3)n2CC1. The Morgan fingerprint density at radius 2 is 2.03 bits per heavy atom. The number of carbonyl (C=O) groups is 1. The van der Waals surface area contributed by atoms with E-state index in [4.69, 9.17) is 9.15 Å². The fraction of sp³-hybridized carbons (Fsp3) is 0.348. The summed E-state index contributed by atoms with van der Waals surface area (Å²) in [6, 6.07) is 13.1. The second-order valence-corrected chi connectivity index (χ2v) is 7.59. The van der Waals surface area contributed by atoms with E-state index in [0.717, 1.165) is 50.0 Å². The van der Waals surface area contributed by atoms with Gasteiger partial charge in [0.05, 0.1) is 12.8 Å². The Labute approximate surface area is 181 Å². The van der Waals surface area contributed by atoms with Crippen LogP contribution in [0.2, 0.25) is 0 Å². The summed E-state index contributed by atoms with van der Waals surface area (Å²) >= 11 is 0. The molecule has 0 saturated carbocycles. The Kier molecular flexibility index (Phi) is 6.78. The normalized spacial score (nSPS) is 14.7.